The maximum atomic E-state index is 12.5. The lowest BCUT2D eigenvalue weighted by Gasteiger charge is -2.50. The molecular weight excluding hydrogens is 332 g/mol. The first-order valence-corrected chi connectivity index (χ1v) is 10.0. The molecule has 1 spiro atoms. The van der Waals surface area contributed by atoms with E-state index in [2.05, 4.69) is 20.0 Å². The van der Waals surface area contributed by atoms with Crippen LogP contribution in [-0.2, 0) is 11.3 Å². The molecular formula is C19H30N4O3. The van der Waals surface area contributed by atoms with Gasteiger partial charge in [-0.25, -0.2) is 0 Å². The van der Waals surface area contributed by atoms with Crippen LogP contribution in [0.25, 0.3) is 0 Å². The van der Waals surface area contributed by atoms with E-state index in [1.165, 1.54) is 0 Å². The largest absolute Gasteiger partial charge is 0.424 e. The van der Waals surface area contributed by atoms with Crippen LogP contribution >= 0.6 is 0 Å². The fraction of sp³-hybridized carbons (Fsp3) is 0.842. The number of likely N-dealkylation sites (tertiary alicyclic amines) is 2. The van der Waals surface area contributed by atoms with E-state index in [4.69, 9.17) is 4.42 Å². The predicted molar refractivity (Wildman–Crippen MR) is 95.2 cm³/mol. The molecule has 7 nitrogen and oxygen atoms in total. The van der Waals surface area contributed by atoms with Crippen LogP contribution in [0.1, 0.15) is 63.1 Å². The van der Waals surface area contributed by atoms with Gasteiger partial charge in [0.2, 0.25) is 17.7 Å². The van der Waals surface area contributed by atoms with Gasteiger partial charge in [0.15, 0.2) is 0 Å². The van der Waals surface area contributed by atoms with Gasteiger partial charge in [-0.3, -0.25) is 9.69 Å². The number of carbonyl (C=O) groups is 1. The van der Waals surface area contributed by atoms with Gasteiger partial charge in [0.1, 0.15) is 0 Å². The maximum absolute atomic E-state index is 12.5. The van der Waals surface area contributed by atoms with Crippen LogP contribution in [0.15, 0.2) is 4.42 Å². The molecule has 1 aromatic rings. The molecule has 0 bridgehead atoms. The Morgan fingerprint density at radius 1 is 1.15 bits per heavy atom. The van der Waals surface area contributed by atoms with E-state index in [0.717, 1.165) is 71.1 Å². The highest BCUT2D eigenvalue weighted by atomic mass is 16.4. The highest BCUT2D eigenvalue weighted by molar-refractivity contribution is 5.77. The Balaban J connectivity index is 1.34. The van der Waals surface area contributed by atoms with Gasteiger partial charge < -0.3 is 14.4 Å². The zero-order valence-corrected chi connectivity index (χ0v) is 15.7. The Morgan fingerprint density at radius 2 is 1.88 bits per heavy atom. The first-order valence-electron chi connectivity index (χ1n) is 10.0. The van der Waals surface area contributed by atoms with Gasteiger partial charge in [0.05, 0.1) is 12.6 Å². The van der Waals surface area contributed by atoms with Crippen molar-refractivity contribution in [1.29, 1.82) is 0 Å². The van der Waals surface area contributed by atoms with Crippen molar-refractivity contribution in [2.75, 3.05) is 19.6 Å². The van der Waals surface area contributed by atoms with Gasteiger partial charge in [-0.2, -0.15) is 0 Å². The molecule has 3 fully saturated rings. The van der Waals surface area contributed by atoms with Crippen LogP contribution in [0.4, 0.5) is 0 Å². The summed E-state index contributed by atoms with van der Waals surface area (Å²) in [5.41, 5.74) is 0.269. The van der Waals surface area contributed by atoms with Crippen LogP contribution in [0.3, 0.4) is 0 Å². The summed E-state index contributed by atoms with van der Waals surface area (Å²) in [5, 5.41) is 17.8. The van der Waals surface area contributed by atoms with Gasteiger partial charge in [0, 0.05) is 25.9 Å². The highest BCUT2D eigenvalue weighted by Gasteiger charge is 2.43. The molecule has 1 saturated carbocycles. The SMILES string of the molecule is Cc1nnc(CN2CCC3(CCC(=O)N(C4CCC(O)CC4)C3)CC2)o1. The molecule has 26 heavy (non-hydrogen) atoms. The van der Waals surface area contributed by atoms with Crippen molar-refractivity contribution >= 4 is 5.91 Å². The number of rotatable bonds is 3. The van der Waals surface area contributed by atoms with E-state index in [9.17, 15) is 9.90 Å². The average molecular weight is 362 g/mol. The zero-order chi connectivity index (χ0) is 18.1. The summed E-state index contributed by atoms with van der Waals surface area (Å²) < 4.78 is 5.51. The number of aliphatic hydroxyl groups is 1. The van der Waals surface area contributed by atoms with Gasteiger partial charge in [-0.05, 0) is 63.5 Å². The van der Waals surface area contributed by atoms with Crippen molar-refractivity contribution in [1.82, 2.24) is 20.0 Å². The number of amides is 1. The molecule has 3 aliphatic rings. The molecule has 1 aromatic heterocycles. The summed E-state index contributed by atoms with van der Waals surface area (Å²) in [5.74, 6) is 1.63. The van der Waals surface area contributed by atoms with E-state index < -0.39 is 0 Å². The molecule has 144 valence electrons. The molecule has 0 aromatic carbocycles. The third kappa shape index (κ3) is 3.78. The van der Waals surface area contributed by atoms with E-state index in [1.54, 1.807) is 0 Å². The van der Waals surface area contributed by atoms with Crippen LogP contribution in [0.2, 0.25) is 0 Å². The van der Waals surface area contributed by atoms with Crippen LogP contribution in [0, 0.1) is 12.3 Å². The topological polar surface area (TPSA) is 82.7 Å². The molecule has 0 unspecified atom stereocenters. The van der Waals surface area contributed by atoms with Crippen molar-refractivity contribution in [2.24, 2.45) is 5.41 Å². The van der Waals surface area contributed by atoms with E-state index in [1.807, 2.05) is 6.92 Å². The second kappa shape index (κ2) is 7.27. The summed E-state index contributed by atoms with van der Waals surface area (Å²) in [7, 11) is 0. The smallest absolute Gasteiger partial charge is 0.230 e. The first-order chi connectivity index (χ1) is 12.5. The monoisotopic (exact) mass is 362 g/mol. The number of piperidine rings is 2. The molecule has 4 rings (SSSR count). The molecule has 1 aliphatic carbocycles. The van der Waals surface area contributed by atoms with Gasteiger partial charge in [0.25, 0.3) is 0 Å². The zero-order valence-electron chi connectivity index (χ0n) is 15.7. The molecule has 3 heterocycles. The van der Waals surface area contributed by atoms with Crippen LogP contribution < -0.4 is 0 Å². The second-order valence-corrected chi connectivity index (χ2v) is 8.47. The molecule has 0 radical (unpaired) electrons. The average Bonchev–Trinajstić information content (AvgIpc) is 3.05. The second-order valence-electron chi connectivity index (χ2n) is 8.47. The van der Waals surface area contributed by atoms with Crippen molar-refractivity contribution in [3.8, 4) is 0 Å². The summed E-state index contributed by atoms with van der Waals surface area (Å²) >= 11 is 0. The summed E-state index contributed by atoms with van der Waals surface area (Å²) in [6.07, 6.45) is 7.34. The first kappa shape index (κ1) is 17.9. The minimum atomic E-state index is -0.170. The fourth-order valence-electron chi connectivity index (χ4n) is 4.93. The van der Waals surface area contributed by atoms with Gasteiger partial charge >= 0.3 is 0 Å². The number of nitrogens with zero attached hydrogens (tertiary/aromatic N) is 4. The molecule has 2 saturated heterocycles. The number of aliphatic hydroxyl groups excluding tert-OH is 1. The number of carbonyl (C=O) groups excluding carboxylic acids is 1. The van der Waals surface area contributed by atoms with Crippen molar-refractivity contribution < 1.29 is 14.3 Å². The maximum Gasteiger partial charge on any atom is 0.230 e. The van der Waals surface area contributed by atoms with Crippen molar-refractivity contribution in [3.63, 3.8) is 0 Å². The molecule has 1 amide bonds. The Hall–Kier alpha value is -1.47. The summed E-state index contributed by atoms with van der Waals surface area (Å²) in [4.78, 5) is 17.1. The number of hydrogen-bond acceptors (Lipinski definition) is 6. The molecule has 2 aliphatic heterocycles. The van der Waals surface area contributed by atoms with Crippen molar-refractivity contribution in [2.45, 2.75) is 77.0 Å². The molecule has 7 heteroatoms. The highest BCUT2D eigenvalue weighted by Crippen LogP contribution is 2.42. The summed E-state index contributed by atoms with van der Waals surface area (Å²) in [6.45, 7) is 5.49. The Kier molecular flexibility index (Phi) is 5.01. The lowest BCUT2D eigenvalue weighted by Crippen LogP contribution is -2.55. The number of hydrogen-bond donors (Lipinski definition) is 1. The summed E-state index contributed by atoms with van der Waals surface area (Å²) in [6, 6.07) is 0.336. The van der Waals surface area contributed by atoms with E-state index in [-0.39, 0.29) is 11.5 Å². The van der Waals surface area contributed by atoms with Crippen molar-refractivity contribution in [3.05, 3.63) is 11.8 Å². The Morgan fingerprint density at radius 3 is 2.54 bits per heavy atom. The molecule has 0 atom stereocenters. The van der Waals surface area contributed by atoms with Gasteiger partial charge in [-0.1, -0.05) is 0 Å². The lowest BCUT2D eigenvalue weighted by atomic mass is 9.71. The number of aryl methyl sites for hydroxylation is 1. The predicted octanol–water partition coefficient (Wildman–Crippen LogP) is 1.89. The van der Waals surface area contributed by atoms with E-state index >= 15 is 0 Å². The minimum Gasteiger partial charge on any atom is -0.424 e. The third-order valence-electron chi connectivity index (χ3n) is 6.65. The van der Waals surface area contributed by atoms with E-state index in [0.29, 0.717) is 30.2 Å². The molecule has 1 N–H and O–H groups in total. The van der Waals surface area contributed by atoms with Gasteiger partial charge in [-0.15, -0.1) is 10.2 Å². The van der Waals surface area contributed by atoms with Crippen LogP contribution in [0.5, 0.6) is 0 Å². The quantitative estimate of drug-likeness (QED) is 0.884. The Bertz CT molecular complexity index is 630. The fourth-order valence-corrected chi connectivity index (χ4v) is 4.93. The normalized spacial score (nSPS) is 30.1. The minimum absolute atomic E-state index is 0.170. The standard InChI is InChI=1S/C19H30N4O3/c1-14-20-21-17(26-14)12-22-10-8-19(9-11-22)7-6-18(25)23(13-19)15-2-4-16(24)5-3-15/h15-16,24H,2-13H2,1H3. The third-order valence-corrected chi connectivity index (χ3v) is 6.65. The number of aromatic nitrogens is 2. The lowest BCUT2D eigenvalue weighted by molar-refractivity contribution is -0.144. The van der Waals surface area contributed by atoms with Crippen LogP contribution in [-0.4, -0.2) is 62.8 Å². The Labute approximate surface area is 154 Å².